The van der Waals surface area contributed by atoms with Gasteiger partial charge in [-0.1, -0.05) is 12.1 Å². The maximum absolute atomic E-state index is 13.8. The van der Waals surface area contributed by atoms with Gasteiger partial charge >= 0.3 is 6.03 Å². The standard InChI is InChI=1S/C27H32N4O5/c1-4-36-19-8-9-22-20(15-19)21-16-27(2)25(34)30(11-10-29(3)12-13-32)26(35)31(27)24(23(21)28-22)17-6-5-7-18(33)14-17/h5-9,14-15,24,28,32-33H,4,10-13,16H2,1-3H3/t24-,27+/m1/s1. The number of hydrogen-bond donors (Lipinski definition) is 3. The summed E-state index contributed by atoms with van der Waals surface area (Å²) in [5, 5.41) is 20.4. The molecule has 1 fully saturated rings. The Morgan fingerprint density at radius 2 is 2.00 bits per heavy atom. The molecule has 2 atom stereocenters. The number of hydrogen-bond acceptors (Lipinski definition) is 6. The lowest BCUT2D eigenvalue weighted by atomic mass is 9.81. The average molecular weight is 493 g/mol. The van der Waals surface area contributed by atoms with Gasteiger partial charge in [-0.2, -0.15) is 0 Å². The number of nitrogens with zero attached hydrogens (tertiary/aromatic N) is 3. The fourth-order valence-corrected chi connectivity index (χ4v) is 5.54. The third-order valence-corrected chi connectivity index (χ3v) is 7.32. The van der Waals surface area contributed by atoms with Crippen LogP contribution in [0.2, 0.25) is 0 Å². The van der Waals surface area contributed by atoms with Gasteiger partial charge in [-0.25, -0.2) is 4.79 Å². The molecular formula is C27H32N4O5. The normalized spacial score (nSPS) is 21.4. The van der Waals surface area contributed by atoms with Crippen LogP contribution in [-0.4, -0.2) is 87.3 Å². The molecule has 190 valence electrons. The number of phenolic OH excluding ortho intramolecular Hbond substituents is 1. The number of nitrogens with one attached hydrogen (secondary N) is 1. The molecule has 3 heterocycles. The molecule has 0 spiro atoms. The smallest absolute Gasteiger partial charge is 0.328 e. The first-order chi connectivity index (χ1) is 17.3. The van der Waals surface area contributed by atoms with Crippen molar-refractivity contribution >= 4 is 22.8 Å². The lowest BCUT2D eigenvalue weighted by Gasteiger charge is -2.42. The van der Waals surface area contributed by atoms with Crippen molar-refractivity contribution in [1.29, 1.82) is 0 Å². The molecule has 9 nitrogen and oxygen atoms in total. The van der Waals surface area contributed by atoms with Crippen LogP contribution >= 0.6 is 0 Å². The van der Waals surface area contributed by atoms with E-state index >= 15 is 0 Å². The van der Waals surface area contributed by atoms with Crippen LogP contribution in [0.3, 0.4) is 0 Å². The minimum Gasteiger partial charge on any atom is -0.508 e. The quantitative estimate of drug-likeness (QED) is 0.417. The minimum atomic E-state index is -1.09. The fourth-order valence-electron chi connectivity index (χ4n) is 5.54. The highest BCUT2D eigenvalue weighted by atomic mass is 16.5. The van der Waals surface area contributed by atoms with Crippen LogP contribution in [0.1, 0.15) is 36.7 Å². The van der Waals surface area contributed by atoms with Crippen LogP contribution in [0.5, 0.6) is 11.5 Å². The highest BCUT2D eigenvalue weighted by Gasteiger charge is 2.60. The van der Waals surface area contributed by atoms with Crippen molar-refractivity contribution in [2.24, 2.45) is 0 Å². The van der Waals surface area contributed by atoms with Gasteiger partial charge in [0.25, 0.3) is 5.91 Å². The average Bonchev–Trinajstić information content (AvgIpc) is 3.28. The van der Waals surface area contributed by atoms with Gasteiger partial charge in [-0.15, -0.1) is 0 Å². The minimum absolute atomic E-state index is 0.00720. The summed E-state index contributed by atoms with van der Waals surface area (Å²) < 4.78 is 5.73. The molecular weight excluding hydrogens is 460 g/mol. The van der Waals surface area contributed by atoms with Crippen LogP contribution in [0.25, 0.3) is 10.9 Å². The Morgan fingerprint density at radius 3 is 2.72 bits per heavy atom. The predicted molar refractivity (Wildman–Crippen MR) is 135 cm³/mol. The molecule has 2 aliphatic rings. The van der Waals surface area contributed by atoms with E-state index in [0.29, 0.717) is 26.1 Å². The number of aromatic nitrogens is 1. The van der Waals surface area contributed by atoms with Crippen molar-refractivity contribution in [2.75, 3.05) is 39.9 Å². The van der Waals surface area contributed by atoms with Gasteiger partial charge in [0.15, 0.2) is 0 Å². The van der Waals surface area contributed by atoms with Crippen molar-refractivity contribution in [3.63, 3.8) is 0 Å². The van der Waals surface area contributed by atoms with Crippen LogP contribution in [-0.2, 0) is 11.2 Å². The van der Waals surface area contributed by atoms with E-state index in [1.54, 1.807) is 23.1 Å². The Bertz CT molecular complexity index is 1320. The fraction of sp³-hybridized carbons (Fsp3) is 0.407. The zero-order chi connectivity index (χ0) is 25.6. The number of aliphatic hydroxyl groups excluding tert-OH is 1. The number of amides is 3. The van der Waals surface area contributed by atoms with Gasteiger partial charge in [-0.3, -0.25) is 14.6 Å². The molecule has 0 saturated carbocycles. The summed E-state index contributed by atoms with van der Waals surface area (Å²) in [7, 11) is 1.85. The monoisotopic (exact) mass is 492 g/mol. The molecule has 36 heavy (non-hydrogen) atoms. The lowest BCUT2D eigenvalue weighted by molar-refractivity contribution is -0.133. The van der Waals surface area contributed by atoms with Crippen LogP contribution in [0.4, 0.5) is 4.79 Å². The number of fused-ring (bicyclic) bond motifs is 4. The van der Waals surface area contributed by atoms with Crippen molar-refractivity contribution < 1.29 is 24.5 Å². The van der Waals surface area contributed by atoms with E-state index in [0.717, 1.165) is 33.5 Å². The van der Waals surface area contributed by atoms with Gasteiger partial charge in [0.05, 0.1) is 13.2 Å². The molecule has 2 aliphatic heterocycles. The number of aromatic amines is 1. The molecule has 1 saturated heterocycles. The zero-order valence-electron chi connectivity index (χ0n) is 20.8. The molecule has 0 bridgehead atoms. The molecule has 3 aromatic rings. The Hall–Kier alpha value is -3.56. The lowest BCUT2D eigenvalue weighted by Crippen LogP contribution is -2.53. The second-order valence-electron chi connectivity index (χ2n) is 9.74. The largest absolute Gasteiger partial charge is 0.508 e. The number of benzene rings is 2. The first kappa shape index (κ1) is 24.1. The van der Waals surface area contributed by atoms with Crippen LogP contribution in [0.15, 0.2) is 42.5 Å². The Labute approximate surface area is 209 Å². The number of carbonyl (C=O) groups is 2. The summed E-state index contributed by atoms with van der Waals surface area (Å²) in [4.78, 5) is 36.0. The maximum atomic E-state index is 13.8. The summed E-state index contributed by atoms with van der Waals surface area (Å²) in [6.45, 7) is 5.47. The van der Waals surface area contributed by atoms with Crippen LogP contribution < -0.4 is 4.74 Å². The summed E-state index contributed by atoms with van der Waals surface area (Å²) >= 11 is 0. The van der Waals surface area contributed by atoms with E-state index < -0.39 is 11.6 Å². The van der Waals surface area contributed by atoms with Crippen molar-refractivity contribution in [3.8, 4) is 11.5 Å². The van der Waals surface area contributed by atoms with E-state index in [9.17, 15) is 19.8 Å². The number of likely N-dealkylation sites (N-methyl/N-ethyl adjacent to an activating group) is 1. The first-order valence-electron chi connectivity index (χ1n) is 12.3. The number of aliphatic hydroxyl groups is 1. The Morgan fingerprint density at radius 1 is 1.19 bits per heavy atom. The number of imide groups is 1. The van der Waals surface area contributed by atoms with E-state index in [1.807, 2.05) is 50.1 Å². The second kappa shape index (κ2) is 9.15. The highest BCUT2D eigenvalue weighted by Crippen LogP contribution is 2.49. The summed E-state index contributed by atoms with van der Waals surface area (Å²) in [6, 6.07) is 11.8. The second-order valence-corrected chi connectivity index (χ2v) is 9.74. The first-order valence-corrected chi connectivity index (χ1v) is 12.3. The Balaban J connectivity index is 1.63. The molecule has 5 rings (SSSR count). The topological polar surface area (TPSA) is 109 Å². The number of aromatic hydroxyl groups is 1. The van der Waals surface area contributed by atoms with E-state index in [-0.39, 0.29) is 30.8 Å². The number of urea groups is 1. The van der Waals surface area contributed by atoms with Crippen molar-refractivity contribution in [1.82, 2.24) is 19.7 Å². The molecule has 0 unspecified atom stereocenters. The summed E-state index contributed by atoms with van der Waals surface area (Å²) in [6.07, 6.45) is 0.362. The number of rotatable bonds is 8. The van der Waals surface area contributed by atoms with E-state index in [1.165, 1.54) is 4.90 Å². The van der Waals surface area contributed by atoms with Crippen molar-refractivity contribution in [2.45, 2.75) is 31.8 Å². The van der Waals surface area contributed by atoms with Gasteiger partial charge in [0.2, 0.25) is 0 Å². The van der Waals surface area contributed by atoms with Crippen molar-refractivity contribution in [3.05, 3.63) is 59.3 Å². The third kappa shape index (κ3) is 3.79. The zero-order valence-corrected chi connectivity index (χ0v) is 20.8. The summed E-state index contributed by atoms with van der Waals surface area (Å²) in [5.74, 6) is 0.600. The highest BCUT2D eigenvalue weighted by molar-refractivity contribution is 6.08. The van der Waals surface area contributed by atoms with E-state index in [4.69, 9.17) is 4.74 Å². The molecule has 0 aliphatic carbocycles. The SMILES string of the molecule is CCOc1ccc2[nH]c3c(c2c1)C[C@@]1(C)C(=O)N(CCN(C)CCO)C(=O)N1[C@@H]3c1cccc(O)c1. The number of ether oxygens (including phenoxy) is 1. The summed E-state index contributed by atoms with van der Waals surface area (Å²) in [5.41, 5.74) is 2.34. The van der Waals surface area contributed by atoms with Gasteiger partial charge in [0, 0.05) is 42.7 Å². The molecule has 2 aromatic carbocycles. The molecule has 3 N–H and O–H groups in total. The Kier molecular flexibility index (Phi) is 6.13. The molecule has 1 aromatic heterocycles. The molecule has 0 radical (unpaired) electrons. The molecule has 3 amide bonds. The van der Waals surface area contributed by atoms with Gasteiger partial charge < -0.3 is 24.8 Å². The van der Waals surface area contributed by atoms with Gasteiger partial charge in [-0.05, 0) is 62.4 Å². The maximum Gasteiger partial charge on any atom is 0.328 e. The number of H-pyrrole nitrogens is 1. The van der Waals surface area contributed by atoms with Gasteiger partial charge in [0.1, 0.15) is 23.1 Å². The van der Waals surface area contributed by atoms with Crippen LogP contribution in [0, 0.1) is 0 Å². The number of phenols is 1. The van der Waals surface area contributed by atoms with E-state index in [2.05, 4.69) is 4.98 Å². The number of carbonyl (C=O) groups excluding carboxylic acids is 2. The molecule has 9 heteroatoms. The third-order valence-electron chi connectivity index (χ3n) is 7.32. The predicted octanol–water partition coefficient (Wildman–Crippen LogP) is 2.86.